The minimum atomic E-state index is -1.09. The predicted molar refractivity (Wildman–Crippen MR) is 133 cm³/mol. The molecule has 2 aromatic carbocycles. The standard InChI is InChI=1S/C12H14BrNO2.C11H12BrNO2.ClH/c1-16-11(15)12(14)5-4-8-2-3-10(13)6-9(8)7-12;12-9-2-1-7-3-4-11(13,10(14)15)6-8(7)5-9;/h2-3,6H,4-5,7,14H2,1H3;1-2,5H,3-4,6,13H2,(H,14,15);1H. The second kappa shape index (κ2) is 10.7. The lowest BCUT2D eigenvalue weighted by atomic mass is 9.79. The predicted octanol–water partition coefficient (Wildman–Crippen LogP) is 3.95. The van der Waals surface area contributed by atoms with Gasteiger partial charge >= 0.3 is 11.9 Å². The summed E-state index contributed by atoms with van der Waals surface area (Å²) in [5, 5.41) is 9.06. The molecule has 0 fully saturated rings. The monoisotopic (exact) mass is 588 g/mol. The van der Waals surface area contributed by atoms with Gasteiger partial charge in [-0.25, -0.2) is 0 Å². The van der Waals surface area contributed by atoms with Crippen molar-refractivity contribution in [3.8, 4) is 0 Å². The molecule has 0 saturated carbocycles. The van der Waals surface area contributed by atoms with Gasteiger partial charge in [0.15, 0.2) is 0 Å². The van der Waals surface area contributed by atoms with Crippen molar-refractivity contribution < 1.29 is 19.4 Å². The molecule has 4 rings (SSSR count). The Morgan fingerprint density at radius 3 is 1.75 bits per heavy atom. The first-order valence-corrected chi connectivity index (χ1v) is 11.6. The molecule has 0 aliphatic heterocycles. The van der Waals surface area contributed by atoms with Crippen molar-refractivity contribution in [1.82, 2.24) is 0 Å². The summed E-state index contributed by atoms with van der Waals surface area (Å²) in [5.74, 6) is -1.23. The highest BCUT2D eigenvalue weighted by Crippen LogP contribution is 2.30. The molecule has 2 atom stereocenters. The van der Waals surface area contributed by atoms with Gasteiger partial charge in [0.25, 0.3) is 0 Å². The quantitative estimate of drug-likeness (QED) is 0.457. The fourth-order valence-corrected chi connectivity index (χ4v) is 4.95. The molecule has 2 aliphatic carbocycles. The first-order chi connectivity index (χ1) is 14.6. The minimum Gasteiger partial charge on any atom is -0.480 e. The number of methoxy groups -OCH3 is 1. The molecule has 0 heterocycles. The zero-order valence-corrected chi connectivity index (χ0v) is 21.7. The van der Waals surface area contributed by atoms with Gasteiger partial charge in [0.1, 0.15) is 11.1 Å². The number of carbonyl (C=O) groups is 2. The molecule has 32 heavy (non-hydrogen) atoms. The number of carbonyl (C=O) groups excluding carboxylic acids is 1. The number of carboxylic acids is 1. The van der Waals surface area contributed by atoms with Crippen molar-refractivity contribution in [3.05, 3.63) is 67.6 Å². The van der Waals surface area contributed by atoms with Gasteiger partial charge in [0.05, 0.1) is 7.11 Å². The molecule has 0 radical (unpaired) electrons. The SMILES string of the molecule is COC(=O)C1(N)CCc2ccc(Br)cc2C1.Cl.NC1(C(=O)O)CCc2ccc(Br)cc2C1. The molecule has 0 spiro atoms. The lowest BCUT2D eigenvalue weighted by molar-refractivity contribution is -0.147. The number of hydrogen-bond acceptors (Lipinski definition) is 5. The first-order valence-electron chi connectivity index (χ1n) is 10.0. The second-order valence-electron chi connectivity index (χ2n) is 8.29. The summed E-state index contributed by atoms with van der Waals surface area (Å²) in [6, 6.07) is 12.1. The van der Waals surface area contributed by atoms with E-state index >= 15 is 0 Å². The molecule has 174 valence electrons. The first kappa shape index (κ1) is 26.8. The number of carboxylic acid groups (broad SMARTS) is 1. The van der Waals surface area contributed by atoms with E-state index in [1.807, 2.05) is 30.3 Å². The summed E-state index contributed by atoms with van der Waals surface area (Å²) in [6.45, 7) is 0. The highest BCUT2D eigenvalue weighted by Gasteiger charge is 2.39. The van der Waals surface area contributed by atoms with Crippen LogP contribution in [0.3, 0.4) is 0 Å². The van der Waals surface area contributed by atoms with Gasteiger partial charge in [-0.3, -0.25) is 9.59 Å². The maximum atomic E-state index is 11.6. The molecule has 5 N–H and O–H groups in total. The number of aryl methyl sites for hydroxylation is 2. The van der Waals surface area contributed by atoms with E-state index in [1.165, 1.54) is 18.2 Å². The van der Waals surface area contributed by atoms with Crippen molar-refractivity contribution >= 4 is 56.2 Å². The van der Waals surface area contributed by atoms with Crippen LogP contribution in [0.5, 0.6) is 0 Å². The van der Waals surface area contributed by atoms with Crippen LogP contribution >= 0.6 is 44.3 Å². The van der Waals surface area contributed by atoms with Crippen LogP contribution in [0.25, 0.3) is 0 Å². The third kappa shape index (κ3) is 5.91. The Bertz CT molecular complexity index is 1020. The van der Waals surface area contributed by atoms with Crippen LogP contribution in [0, 0.1) is 0 Å². The van der Waals surface area contributed by atoms with Crippen LogP contribution in [-0.4, -0.2) is 35.2 Å². The molecule has 0 saturated heterocycles. The van der Waals surface area contributed by atoms with Gasteiger partial charge in [-0.05, 0) is 72.2 Å². The molecular formula is C23H27Br2ClN2O4. The third-order valence-electron chi connectivity index (χ3n) is 6.05. The molecule has 0 amide bonds. The van der Waals surface area contributed by atoms with E-state index in [1.54, 1.807) is 0 Å². The van der Waals surface area contributed by atoms with Crippen molar-refractivity contribution in [2.45, 2.75) is 49.6 Å². The van der Waals surface area contributed by atoms with E-state index in [2.05, 4.69) is 37.9 Å². The van der Waals surface area contributed by atoms with E-state index < -0.39 is 17.0 Å². The summed E-state index contributed by atoms with van der Waals surface area (Å²) < 4.78 is 6.74. The Kier molecular flexibility index (Phi) is 8.92. The zero-order chi connectivity index (χ0) is 22.8. The van der Waals surface area contributed by atoms with Crippen molar-refractivity contribution in [2.24, 2.45) is 11.5 Å². The summed E-state index contributed by atoms with van der Waals surface area (Å²) >= 11 is 6.80. The van der Waals surface area contributed by atoms with E-state index in [0.29, 0.717) is 25.7 Å². The molecule has 9 heteroatoms. The molecule has 2 unspecified atom stereocenters. The summed E-state index contributed by atoms with van der Waals surface area (Å²) in [7, 11) is 1.38. The van der Waals surface area contributed by atoms with Gasteiger partial charge in [-0.15, -0.1) is 12.4 Å². The number of hydrogen-bond donors (Lipinski definition) is 3. The van der Waals surface area contributed by atoms with Crippen LogP contribution in [0.15, 0.2) is 45.3 Å². The maximum absolute atomic E-state index is 11.6. The summed E-state index contributed by atoms with van der Waals surface area (Å²) in [4.78, 5) is 22.7. The number of nitrogens with two attached hydrogens (primary N) is 2. The molecule has 0 bridgehead atoms. The lowest BCUT2D eigenvalue weighted by Crippen LogP contribution is -2.52. The second-order valence-corrected chi connectivity index (χ2v) is 10.1. The average molecular weight is 591 g/mol. The highest BCUT2D eigenvalue weighted by molar-refractivity contribution is 9.10. The number of halogens is 3. The topological polar surface area (TPSA) is 116 Å². The van der Waals surface area contributed by atoms with E-state index in [-0.39, 0.29) is 18.4 Å². The van der Waals surface area contributed by atoms with Crippen LogP contribution < -0.4 is 11.5 Å². The highest BCUT2D eigenvalue weighted by atomic mass is 79.9. The molecule has 2 aliphatic rings. The fraction of sp³-hybridized carbons (Fsp3) is 0.391. The maximum Gasteiger partial charge on any atom is 0.326 e. The molecular weight excluding hydrogens is 564 g/mol. The Hall–Kier alpha value is -1.45. The summed E-state index contributed by atoms with van der Waals surface area (Å²) in [6.07, 6.45) is 3.69. The third-order valence-corrected chi connectivity index (χ3v) is 7.03. The number of aliphatic carboxylic acids is 1. The van der Waals surface area contributed by atoms with Gasteiger partial charge in [-0.2, -0.15) is 0 Å². The van der Waals surface area contributed by atoms with E-state index in [0.717, 1.165) is 32.9 Å². The van der Waals surface area contributed by atoms with Gasteiger partial charge in [-0.1, -0.05) is 44.0 Å². The van der Waals surface area contributed by atoms with Crippen LogP contribution in [0.1, 0.15) is 35.1 Å². The lowest BCUT2D eigenvalue weighted by Gasteiger charge is -2.32. The van der Waals surface area contributed by atoms with Gasteiger partial charge in [0.2, 0.25) is 0 Å². The molecule has 2 aromatic rings. The number of rotatable bonds is 2. The fourth-order valence-electron chi connectivity index (χ4n) is 4.14. The van der Waals surface area contributed by atoms with Crippen LogP contribution in [0.4, 0.5) is 0 Å². The number of ether oxygens (including phenoxy) is 1. The molecule has 6 nitrogen and oxygen atoms in total. The normalized spacial score (nSPS) is 23.4. The van der Waals surface area contributed by atoms with Crippen LogP contribution in [-0.2, 0) is 40.0 Å². The Balaban J connectivity index is 0.000000220. The van der Waals surface area contributed by atoms with E-state index in [9.17, 15) is 9.59 Å². The number of esters is 1. The average Bonchev–Trinajstić information content (AvgIpc) is 2.72. The smallest absolute Gasteiger partial charge is 0.326 e. The summed E-state index contributed by atoms with van der Waals surface area (Å²) in [5.41, 5.74) is 14.6. The van der Waals surface area contributed by atoms with Gasteiger partial charge in [0, 0.05) is 21.8 Å². The van der Waals surface area contributed by atoms with Crippen LogP contribution in [0.2, 0.25) is 0 Å². The largest absolute Gasteiger partial charge is 0.480 e. The number of benzene rings is 2. The van der Waals surface area contributed by atoms with Crippen molar-refractivity contribution in [1.29, 1.82) is 0 Å². The zero-order valence-electron chi connectivity index (χ0n) is 17.7. The Morgan fingerprint density at radius 2 is 1.31 bits per heavy atom. The van der Waals surface area contributed by atoms with Gasteiger partial charge < -0.3 is 21.3 Å². The minimum absolute atomic E-state index is 0. The Labute approximate surface area is 210 Å². The molecule has 0 aromatic heterocycles. The van der Waals surface area contributed by atoms with E-state index in [4.69, 9.17) is 21.3 Å². The van der Waals surface area contributed by atoms with Crippen molar-refractivity contribution in [2.75, 3.05) is 7.11 Å². The Morgan fingerprint density at radius 1 is 0.875 bits per heavy atom. The number of fused-ring (bicyclic) bond motifs is 2. The van der Waals surface area contributed by atoms with Crippen molar-refractivity contribution in [3.63, 3.8) is 0 Å².